The predicted molar refractivity (Wildman–Crippen MR) is 129 cm³/mol. The Hall–Kier alpha value is -3.03. The van der Waals surface area contributed by atoms with E-state index in [0.717, 1.165) is 12.1 Å². The van der Waals surface area contributed by atoms with Crippen LogP contribution in [0.15, 0.2) is 23.1 Å². The van der Waals surface area contributed by atoms with Crippen molar-refractivity contribution < 1.29 is 27.6 Å². The maximum atomic E-state index is 13.0. The quantitative estimate of drug-likeness (QED) is 0.265. The number of sulfonamides is 1. The van der Waals surface area contributed by atoms with E-state index < -0.39 is 31.1 Å². The van der Waals surface area contributed by atoms with E-state index in [2.05, 4.69) is 15.1 Å². The Bertz CT molecular complexity index is 1180. The van der Waals surface area contributed by atoms with Gasteiger partial charge in [-0.05, 0) is 39.7 Å². The molecule has 0 bridgehead atoms. The van der Waals surface area contributed by atoms with E-state index >= 15 is 0 Å². The van der Waals surface area contributed by atoms with Crippen molar-refractivity contribution in [3.63, 3.8) is 0 Å². The molecular weight excluding hydrogens is 478 g/mol. The molecule has 0 saturated carbocycles. The lowest BCUT2D eigenvalue weighted by atomic mass is 10.1. The van der Waals surface area contributed by atoms with Gasteiger partial charge in [0.15, 0.2) is 5.69 Å². The van der Waals surface area contributed by atoms with Gasteiger partial charge in [0.25, 0.3) is 11.6 Å². The minimum Gasteiger partial charge on any atom is -0.438 e. The van der Waals surface area contributed by atoms with Gasteiger partial charge < -0.3 is 14.8 Å². The van der Waals surface area contributed by atoms with Gasteiger partial charge in [-0.2, -0.15) is 5.10 Å². The Morgan fingerprint density at radius 2 is 1.94 bits per heavy atom. The van der Waals surface area contributed by atoms with Crippen LogP contribution in [0, 0.1) is 23.0 Å². The maximum Gasteiger partial charge on any atom is 0.272 e. The van der Waals surface area contributed by atoms with Crippen LogP contribution >= 0.6 is 0 Å². The first-order valence-corrected chi connectivity index (χ1v) is 12.5. The molecule has 0 aliphatic carbocycles. The summed E-state index contributed by atoms with van der Waals surface area (Å²) in [6, 6.07) is 3.28. The molecule has 0 aliphatic heterocycles. The smallest absolute Gasteiger partial charge is 0.272 e. The summed E-state index contributed by atoms with van der Waals surface area (Å²) < 4.78 is 40.7. The van der Waals surface area contributed by atoms with Crippen molar-refractivity contribution in [3.05, 3.63) is 39.6 Å². The standard InChI is InChI=1S/C22H33N5O7S/c1-14(2)13-23-20(28)19-15(3)21(26(25-19)22(4,5)6)34-17-9-8-16(27(29)30)12-18(17)35(31,32)24-10-11-33-7/h8-9,12,14,24H,10-11,13H2,1-7H3,(H,23,28). The average Bonchev–Trinajstić information content (AvgIpc) is 3.08. The number of hydrogen-bond acceptors (Lipinski definition) is 8. The zero-order chi connectivity index (χ0) is 26.6. The van der Waals surface area contributed by atoms with E-state index in [1.54, 1.807) is 6.92 Å². The molecule has 2 N–H and O–H groups in total. The SMILES string of the molecule is COCCNS(=O)(=O)c1cc([N+](=O)[O-])ccc1Oc1c(C)c(C(=O)NCC(C)C)nn1C(C)(C)C. The van der Waals surface area contributed by atoms with Crippen LogP contribution in [0.25, 0.3) is 0 Å². The lowest BCUT2D eigenvalue weighted by molar-refractivity contribution is -0.385. The Kier molecular flexibility index (Phi) is 8.98. The number of hydrogen-bond donors (Lipinski definition) is 2. The van der Waals surface area contributed by atoms with Gasteiger partial charge in [0, 0.05) is 37.9 Å². The molecule has 0 atom stereocenters. The highest BCUT2D eigenvalue weighted by molar-refractivity contribution is 7.89. The van der Waals surface area contributed by atoms with Crippen LogP contribution in [0.3, 0.4) is 0 Å². The van der Waals surface area contributed by atoms with Crippen molar-refractivity contribution in [1.82, 2.24) is 19.8 Å². The first-order valence-electron chi connectivity index (χ1n) is 11.0. The maximum absolute atomic E-state index is 13.0. The van der Waals surface area contributed by atoms with E-state index in [1.807, 2.05) is 34.6 Å². The van der Waals surface area contributed by atoms with Crippen LogP contribution in [0.5, 0.6) is 11.6 Å². The van der Waals surface area contributed by atoms with Gasteiger partial charge in [-0.3, -0.25) is 14.9 Å². The molecule has 0 radical (unpaired) electrons. The predicted octanol–water partition coefficient (Wildman–Crippen LogP) is 2.96. The second-order valence-corrected chi connectivity index (χ2v) is 11.1. The van der Waals surface area contributed by atoms with E-state index in [1.165, 1.54) is 17.9 Å². The topological polar surface area (TPSA) is 155 Å². The Morgan fingerprint density at radius 1 is 1.29 bits per heavy atom. The third-order valence-electron chi connectivity index (χ3n) is 4.82. The summed E-state index contributed by atoms with van der Waals surface area (Å²) in [7, 11) is -2.78. The van der Waals surface area contributed by atoms with Gasteiger partial charge in [0.05, 0.1) is 17.1 Å². The third-order valence-corrected chi connectivity index (χ3v) is 6.30. The molecule has 2 aromatic rings. The number of aromatic nitrogens is 2. The summed E-state index contributed by atoms with van der Waals surface area (Å²) in [5.74, 6) is -0.155. The molecule has 13 heteroatoms. The Morgan fingerprint density at radius 3 is 2.49 bits per heavy atom. The average molecular weight is 512 g/mol. The molecular formula is C22H33N5O7S. The summed E-state index contributed by atoms with van der Waals surface area (Å²) >= 11 is 0. The number of benzene rings is 1. The number of nitrogens with one attached hydrogen (secondary N) is 2. The largest absolute Gasteiger partial charge is 0.438 e. The number of carbonyl (C=O) groups is 1. The monoisotopic (exact) mass is 511 g/mol. The molecule has 194 valence electrons. The minimum absolute atomic E-state index is 0.0416. The summed E-state index contributed by atoms with van der Waals surface area (Å²) in [5.41, 5.74) is -0.512. The number of nitrogens with zero attached hydrogens (tertiary/aromatic N) is 3. The summed E-state index contributed by atoms with van der Waals surface area (Å²) in [4.78, 5) is 23.0. The summed E-state index contributed by atoms with van der Waals surface area (Å²) in [5, 5.41) is 18.6. The van der Waals surface area contributed by atoms with Crippen molar-refractivity contribution in [3.8, 4) is 11.6 Å². The van der Waals surface area contributed by atoms with E-state index in [-0.39, 0.29) is 42.3 Å². The summed E-state index contributed by atoms with van der Waals surface area (Å²) in [6.07, 6.45) is 0. The van der Waals surface area contributed by atoms with Crippen LogP contribution in [0.2, 0.25) is 0 Å². The number of carbonyl (C=O) groups excluding carboxylic acids is 1. The highest BCUT2D eigenvalue weighted by Gasteiger charge is 2.30. The molecule has 2 rings (SSSR count). The van der Waals surface area contributed by atoms with Crippen LogP contribution in [-0.4, -0.2) is 55.8 Å². The fourth-order valence-corrected chi connectivity index (χ4v) is 4.17. The summed E-state index contributed by atoms with van der Waals surface area (Å²) in [6.45, 7) is 11.6. The first kappa shape index (κ1) is 28.2. The molecule has 0 saturated heterocycles. The molecule has 1 amide bonds. The number of nitro benzene ring substituents is 1. The number of ether oxygens (including phenoxy) is 2. The number of methoxy groups -OCH3 is 1. The number of nitro groups is 1. The van der Waals surface area contributed by atoms with Crippen LogP contribution in [0.1, 0.15) is 50.7 Å². The van der Waals surface area contributed by atoms with E-state index in [0.29, 0.717) is 12.1 Å². The molecule has 1 aromatic carbocycles. The van der Waals surface area contributed by atoms with Crippen LogP contribution < -0.4 is 14.8 Å². The lowest BCUT2D eigenvalue weighted by Crippen LogP contribution is -2.29. The van der Waals surface area contributed by atoms with Crippen molar-refractivity contribution in [2.24, 2.45) is 5.92 Å². The van der Waals surface area contributed by atoms with Gasteiger partial charge in [-0.15, -0.1) is 0 Å². The highest BCUT2D eigenvalue weighted by Crippen LogP contribution is 2.36. The molecule has 0 aliphatic rings. The molecule has 0 unspecified atom stereocenters. The Labute approximate surface area is 205 Å². The zero-order valence-corrected chi connectivity index (χ0v) is 21.9. The van der Waals surface area contributed by atoms with Crippen LogP contribution in [-0.2, 0) is 20.3 Å². The molecule has 0 spiro atoms. The second kappa shape index (κ2) is 11.1. The minimum atomic E-state index is -4.20. The van der Waals surface area contributed by atoms with Crippen molar-refractivity contribution in [2.45, 2.75) is 52.0 Å². The zero-order valence-electron chi connectivity index (χ0n) is 21.0. The first-order chi connectivity index (χ1) is 16.2. The van der Waals surface area contributed by atoms with E-state index in [9.17, 15) is 23.3 Å². The van der Waals surface area contributed by atoms with Gasteiger partial charge in [0.1, 0.15) is 10.6 Å². The van der Waals surface area contributed by atoms with E-state index in [4.69, 9.17) is 9.47 Å². The second-order valence-electron chi connectivity index (χ2n) is 9.35. The fraction of sp³-hybridized carbons (Fsp3) is 0.545. The Balaban J connectivity index is 2.61. The number of amides is 1. The van der Waals surface area contributed by atoms with Gasteiger partial charge in [-0.1, -0.05) is 13.8 Å². The van der Waals surface area contributed by atoms with Gasteiger partial charge >= 0.3 is 0 Å². The van der Waals surface area contributed by atoms with Gasteiger partial charge in [0.2, 0.25) is 15.9 Å². The normalized spacial score (nSPS) is 12.1. The molecule has 12 nitrogen and oxygen atoms in total. The van der Waals surface area contributed by atoms with Crippen molar-refractivity contribution in [1.29, 1.82) is 0 Å². The molecule has 0 fully saturated rings. The van der Waals surface area contributed by atoms with Gasteiger partial charge in [-0.25, -0.2) is 17.8 Å². The van der Waals surface area contributed by atoms with Crippen molar-refractivity contribution in [2.75, 3.05) is 26.8 Å². The van der Waals surface area contributed by atoms with Crippen molar-refractivity contribution >= 4 is 21.6 Å². The van der Waals surface area contributed by atoms with Crippen LogP contribution in [0.4, 0.5) is 5.69 Å². The number of non-ortho nitro benzene ring substituents is 1. The highest BCUT2D eigenvalue weighted by atomic mass is 32.2. The number of rotatable bonds is 11. The lowest BCUT2D eigenvalue weighted by Gasteiger charge is -2.22. The fourth-order valence-electron chi connectivity index (χ4n) is 3.02. The molecule has 1 aromatic heterocycles. The molecule has 35 heavy (non-hydrogen) atoms. The molecule has 1 heterocycles. The third kappa shape index (κ3) is 6.99.